The summed E-state index contributed by atoms with van der Waals surface area (Å²) in [6, 6.07) is 18.7. The fourth-order valence-electron chi connectivity index (χ4n) is 4.09. The Labute approximate surface area is 192 Å². The number of hydrogen-bond acceptors (Lipinski definition) is 6. The molecule has 5 rings (SSSR count). The van der Waals surface area contributed by atoms with E-state index in [1.165, 1.54) is 19.3 Å². The van der Waals surface area contributed by atoms with Crippen LogP contribution in [0.3, 0.4) is 0 Å². The minimum atomic E-state index is -0.194. The molecule has 0 radical (unpaired) electrons. The number of aromatic nitrogens is 3. The molecule has 33 heavy (non-hydrogen) atoms. The predicted molar refractivity (Wildman–Crippen MR) is 132 cm³/mol. The van der Waals surface area contributed by atoms with Gasteiger partial charge < -0.3 is 21.3 Å². The van der Waals surface area contributed by atoms with Crippen LogP contribution in [0.1, 0.15) is 35.2 Å². The average Bonchev–Trinajstić information content (AvgIpc) is 3.33. The molecule has 8 heteroatoms. The van der Waals surface area contributed by atoms with Gasteiger partial charge in [-0.25, -0.2) is 4.52 Å². The van der Waals surface area contributed by atoms with Gasteiger partial charge in [-0.3, -0.25) is 4.79 Å². The molecule has 1 saturated heterocycles. The number of amides is 1. The first-order chi connectivity index (χ1) is 16.2. The zero-order chi connectivity index (χ0) is 22.6. The highest BCUT2D eigenvalue weighted by Crippen LogP contribution is 2.24. The fraction of sp³-hybridized carbons (Fsp3) is 0.240. The van der Waals surface area contributed by atoms with Crippen molar-refractivity contribution < 1.29 is 4.79 Å². The number of fused-ring (bicyclic) bond motifs is 1. The molecule has 1 aliphatic heterocycles. The van der Waals surface area contributed by atoms with Gasteiger partial charge in [0.2, 0.25) is 5.95 Å². The Morgan fingerprint density at radius 2 is 1.76 bits per heavy atom. The second-order valence-electron chi connectivity index (χ2n) is 8.24. The Morgan fingerprint density at radius 1 is 0.970 bits per heavy atom. The van der Waals surface area contributed by atoms with E-state index in [1.807, 2.05) is 41.0 Å². The third kappa shape index (κ3) is 4.59. The average molecular weight is 442 g/mol. The first-order valence-electron chi connectivity index (χ1n) is 11.3. The number of nitrogen functional groups attached to an aromatic ring is 1. The number of carbonyl (C=O) groups is 1. The molecule has 1 aliphatic rings. The molecule has 2 aromatic carbocycles. The van der Waals surface area contributed by atoms with Crippen molar-refractivity contribution in [3.63, 3.8) is 0 Å². The molecule has 3 heterocycles. The van der Waals surface area contributed by atoms with Crippen molar-refractivity contribution in [2.45, 2.75) is 25.8 Å². The smallest absolute Gasteiger partial charge is 0.255 e. The van der Waals surface area contributed by atoms with Gasteiger partial charge in [0.25, 0.3) is 5.91 Å². The number of para-hydroxylation sites is 2. The van der Waals surface area contributed by atoms with Crippen LogP contribution in [0.5, 0.6) is 0 Å². The van der Waals surface area contributed by atoms with Gasteiger partial charge in [-0.2, -0.15) is 4.98 Å². The summed E-state index contributed by atoms with van der Waals surface area (Å²) in [5, 5.41) is 10.8. The molecular formula is C25H27N7O. The van der Waals surface area contributed by atoms with Crippen LogP contribution in [-0.4, -0.2) is 33.6 Å². The zero-order valence-corrected chi connectivity index (χ0v) is 18.4. The number of piperidine rings is 1. The number of nitrogens with two attached hydrogens (primary N) is 1. The molecule has 1 fully saturated rings. The maximum absolute atomic E-state index is 12.5. The largest absolute Gasteiger partial charge is 0.397 e. The van der Waals surface area contributed by atoms with Crippen LogP contribution in [0.2, 0.25) is 0 Å². The highest BCUT2D eigenvalue weighted by Gasteiger charge is 2.17. The molecule has 4 aromatic rings. The Kier molecular flexibility index (Phi) is 5.80. The molecule has 0 saturated carbocycles. The van der Waals surface area contributed by atoms with E-state index in [9.17, 15) is 4.79 Å². The molecule has 1 amide bonds. The van der Waals surface area contributed by atoms with E-state index in [0.717, 1.165) is 30.0 Å². The Hall–Kier alpha value is -4.07. The number of nitrogens with zero attached hydrogens (tertiary/aromatic N) is 4. The molecule has 8 nitrogen and oxygen atoms in total. The third-order valence-electron chi connectivity index (χ3n) is 5.90. The molecule has 2 aromatic heterocycles. The molecule has 0 aliphatic carbocycles. The van der Waals surface area contributed by atoms with E-state index >= 15 is 0 Å². The van der Waals surface area contributed by atoms with Crippen LogP contribution < -0.4 is 21.3 Å². The molecular weight excluding hydrogens is 414 g/mol. The molecule has 0 spiro atoms. The van der Waals surface area contributed by atoms with Gasteiger partial charge in [-0.05, 0) is 61.2 Å². The minimum Gasteiger partial charge on any atom is -0.397 e. The van der Waals surface area contributed by atoms with Gasteiger partial charge in [0.15, 0.2) is 5.82 Å². The van der Waals surface area contributed by atoms with Gasteiger partial charge in [0, 0.05) is 31.4 Å². The fourth-order valence-corrected chi connectivity index (χ4v) is 4.09. The van der Waals surface area contributed by atoms with Crippen LogP contribution in [0, 0.1) is 0 Å². The maximum Gasteiger partial charge on any atom is 0.255 e. The Morgan fingerprint density at radius 3 is 2.55 bits per heavy atom. The summed E-state index contributed by atoms with van der Waals surface area (Å²) < 4.78 is 1.88. The number of hydrogen-bond donors (Lipinski definition) is 3. The summed E-state index contributed by atoms with van der Waals surface area (Å²) in [6.07, 6.45) is 5.60. The molecule has 0 unspecified atom stereocenters. The summed E-state index contributed by atoms with van der Waals surface area (Å²) in [7, 11) is 0. The van der Waals surface area contributed by atoms with E-state index in [1.54, 1.807) is 24.3 Å². The zero-order valence-electron chi connectivity index (χ0n) is 18.4. The molecule has 4 N–H and O–H groups in total. The van der Waals surface area contributed by atoms with Crippen LogP contribution >= 0.6 is 0 Å². The Bertz CT molecular complexity index is 1260. The predicted octanol–water partition coefficient (Wildman–Crippen LogP) is 4.17. The van der Waals surface area contributed by atoms with E-state index < -0.39 is 0 Å². The standard InChI is InChI=1S/C25H27N7O/c26-20-7-2-3-8-21(20)28-24(33)19-12-10-18(11-13-19)17-27-25-29-23(31-14-4-1-5-15-31)22-9-6-16-32(22)30-25/h2-3,6-13,16H,1,4-5,14-15,17,26H2,(H,27,30)(H,28,33). The van der Waals surface area contributed by atoms with Crippen molar-refractivity contribution in [1.29, 1.82) is 0 Å². The highest BCUT2D eigenvalue weighted by molar-refractivity contribution is 6.05. The minimum absolute atomic E-state index is 0.194. The SMILES string of the molecule is Nc1ccccc1NC(=O)c1ccc(CNc2nc(N3CCCCC3)c3cccn3n2)cc1. The number of rotatable bonds is 6. The van der Waals surface area contributed by atoms with Crippen LogP contribution in [0.25, 0.3) is 5.52 Å². The lowest BCUT2D eigenvalue weighted by Crippen LogP contribution is -2.31. The quantitative estimate of drug-likeness (QED) is 0.388. The molecule has 168 valence electrons. The Balaban J connectivity index is 1.27. The van der Waals surface area contributed by atoms with Crippen molar-refractivity contribution in [3.05, 3.63) is 78.0 Å². The molecule has 0 atom stereocenters. The van der Waals surface area contributed by atoms with Gasteiger partial charge in [0.05, 0.1) is 11.4 Å². The monoisotopic (exact) mass is 441 g/mol. The van der Waals surface area contributed by atoms with E-state index in [0.29, 0.717) is 29.4 Å². The lowest BCUT2D eigenvalue weighted by atomic mass is 10.1. The first-order valence-corrected chi connectivity index (χ1v) is 11.3. The number of anilines is 4. The van der Waals surface area contributed by atoms with E-state index in [2.05, 4.69) is 26.7 Å². The van der Waals surface area contributed by atoms with Gasteiger partial charge in [0.1, 0.15) is 5.52 Å². The summed E-state index contributed by atoms with van der Waals surface area (Å²) in [5.74, 6) is 1.37. The second-order valence-corrected chi connectivity index (χ2v) is 8.24. The molecule has 0 bridgehead atoms. The van der Waals surface area contributed by atoms with Crippen molar-refractivity contribution in [1.82, 2.24) is 14.6 Å². The summed E-state index contributed by atoms with van der Waals surface area (Å²) >= 11 is 0. The highest BCUT2D eigenvalue weighted by atomic mass is 16.1. The van der Waals surface area contributed by atoms with Crippen molar-refractivity contribution in [2.24, 2.45) is 0 Å². The summed E-state index contributed by atoms with van der Waals surface area (Å²) in [4.78, 5) is 19.7. The summed E-state index contributed by atoms with van der Waals surface area (Å²) in [5.41, 5.74) is 9.68. The lowest BCUT2D eigenvalue weighted by molar-refractivity contribution is 0.102. The number of nitrogens with one attached hydrogen (secondary N) is 2. The van der Waals surface area contributed by atoms with Crippen molar-refractivity contribution in [3.8, 4) is 0 Å². The second kappa shape index (κ2) is 9.20. The summed E-state index contributed by atoms with van der Waals surface area (Å²) in [6.45, 7) is 2.60. The third-order valence-corrected chi connectivity index (χ3v) is 5.90. The number of benzene rings is 2. The van der Waals surface area contributed by atoms with E-state index in [4.69, 9.17) is 10.7 Å². The number of carbonyl (C=O) groups excluding carboxylic acids is 1. The van der Waals surface area contributed by atoms with E-state index in [-0.39, 0.29) is 5.91 Å². The van der Waals surface area contributed by atoms with Gasteiger partial charge in [-0.1, -0.05) is 24.3 Å². The van der Waals surface area contributed by atoms with Crippen LogP contribution in [-0.2, 0) is 6.54 Å². The maximum atomic E-state index is 12.5. The van der Waals surface area contributed by atoms with Crippen LogP contribution in [0.4, 0.5) is 23.1 Å². The first kappa shape index (κ1) is 20.8. The normalized spacial score (nSPS) is 13.8. The van der Waals surface area contributed by atoms with Crippen molar-refractivity contribution in [2.75, 3.05) is 34.4 Å². The topological polar surface area (TPSA) is 101 Å². The van der Waals surface area contributed by atoms with Gasteiger partial charge >= 0.3 is 0 Å². The van der Waals surface area contributed by atoms with Gasteiger partial charge in [-0.15, -0.1) is 5.10 Å². The van der Waals surface area contributed by atoms with Crippen LogP contribution in [0.15, 0.2) is 66.9 Å². The van der Waals surface area contributed by atoms with Crippen molar-refractivity contribution >= 4 is 34.6 Å². The lowest BCUT2D eigenvalue weighted by Gasteiger charge is -2.28.